The summed E-state index contributed by atoms with van der Waals surface area (Å²) >= 11 is 0. The minimum atomic E-state index is -0.308. The van der Waals surface area contributed by atoms with E-state index in [1.54, 1.807) is 6.07 Å². The van der Waals surface area contributed by atoms with Crippen molar-refractivity contribution in [2.75, 3.05) is 5.73 Å². The number of nitrogens with zero attached hydrogens (tertiary/aromatic N) is 1. The summed E-state index contributed by atoms with van der Waals surface area (Å²) in [6.45, 7) is 4.41. The summed E-state index contributed by atoms with van der Waals surface area (Å²) in [5.41, 5.74) is 10.4. The smallest absolute Gasteiger partial charge is 0.355 e. The van der Waals surface area contributed by atoms with Gasteiger partial charge >= 0.3 is 5.97 Å². The molecule has 110 valence electrons. The number of ether oxygens (including phenoxy) is 1. The van der Waals surface area contributed by atoms with Crippen LogP contribution in [0.2, 0.25) is 0 Å². The van der Waals surface area contributed by atoms with Crippen molar-refractivity contribution < 1.29 is 9.53 Å². The maximum atomic E-state index is 12.2. The molecule has 0 radical (unpaired) electrons. The van der Waals surface area contributed by atoms with Gasteiger partial charge in [-0.1, -0.05) is 18.2 Å². The SMILES string of the molecule is Cc1ccc(COC(=O)c2cc(N)cn2C2CC2)cc1C. The predicted molar refractivity (Wildman–Crippen MR) is 82.2 cm³/mol. The Morgan fingerprint density at radius 1 is 1.29 bits per heavy atom. The van der Waals surface area contributed by atoms with E-state index in [4.69, 9.17) is 10.5 Å². The van der Waals surface area contributed by atoms with E-state index < -0.39 is 0 Å². The molecule has 1 aromatic heterocycles. The van der Waals surface area contributed by atoms with Crippen molar-refractivity contribution in [3.63, 3.8) is 0 Å². The Morgan fingerprint density at radius 3 is 2.71 bits per heavy atom. The second-order valence-corrected chi connectivity index (χ2v) is 5.79. The second-order valence-electron chi connectivity index (χ2n) is 5.79. The molecule has 1 aromatic carbocycles. The summed E-state index contributed by atoms with van der Waals surface area (Å²) in [5, 5.41) is 0. The second kappa shape index (κ2) is 5.28. The number of rotatable bonds is 4. The van der Waals surface area contributed by atoms with Crippen LogP contribution in [0.5, 0.6) is 0 Å². The number of nitrogens with two attached hydrogens (primary N) is 1. The molecule has 3 rings (SSSR count). The normalized spacial score (nSPS) is 14.2. The Bertz CT molecular complexity index is 684. The number of aromatic nitrogens is 1. The number of carbonyl (C=O) groups is 1. The Kier molecular flexibility index (Phi) is 3.45. The molecule has 4 nitrogen and oxygen atoms in total. The van der Waals surface area contributed by atoms with E-state index >= 15 is 0 Å². The summed E-state index contributed by atoms with van der Waals surface area (Å²) in [6, 6.07) is 8.19. The van der Waals surface area contributed by atoms with Crippen molar-refractivity contribution in [2.45, 2.75) is 39.3 Å². The number of anilines is 1. The van der Waals surface area contributed by atoms with E-state index in [1.807, 2.05) is 22.9 Å². The average Bonchev–Trinajstić information content (AvgIpc) is 3.22. The van der Waals surface area contributed by atoms with E-state index in [0.29, 0.717) is 17.4 Å². The van der Waals surface area contributed by atoms with Gasteiger partial charge < -0.3 is 15.0 Å². The number of hydrogen-bond acceptors (Lipinski definition) is 3. The molecule has 0 aliphatic heterocycles. The molecule has 1 heterocycles. The highest BCUT2D eigenvalue weighted by molar-refractivity contribution is 5.89. The van der Waals surface area contributed by atoms with Crippen LogP contribution in [-0.2, 0) is 11.3 Å². The number of esters is 1. The minimum Gasteiger partial charge on any atom is -0.456 e. The van der Waals surface area contributed by atoms with Crippen molar-refractivity contribution in [3.8, 4) is 0 Å². The first-order chi connectivity index (χ1) is 10.0. The zero-order valence-corrected chi connectivity index (χ0v) is 12.4. The Hall–Kier alpha value is -2.23. The predicted octanol–water partition coefficient (Wildman–Crippen LogP) is 3.38. The third-order valence-corrected chi connectivity index (χ3v) is 3.96. The molecular weight excluding hydrogens is 264 g/mol. The first kappa shape index (κ1) is 13.7. The molecule has 21 heavy (non-hydrogen) atoms. The van der Waals surface area contributed by atoms with Crippen LogP contribution in [0.4, 0.5) is 5.69 Å². The van der Waals surface area contributed by atoms with Gasteiger partial charge in [-0.3, -0.25) is 0 Å². The molecule has 4 heteroatoms. The average molecular weight is 284 g/mol. The molecule has 0 atom stereocenters. The van der Waals surface area contributed by atoms with E-state index in [9.17, 15) is 4.79 Å². The topological polar surface area (TPSA) is 57.2 Å². The highest BCUT2D eigenvalue weighted by Crippen LogP contribution is 2.37. The van der Waals surface area contributed by atoms with Crippen LogP contribution >= 0.6 is 0 Å². The fraction of sp³-hybridized carbons (Fsp3) is 0.353. The number of nitrogen functional groups attached to an aromatic ring is 1. The van der Waals surface area contributed by atoms with Crippen LogP contribution in [0.3, 0.4) is 0 Å². The van der Waals surface area contributed by atoms with Gasteiger partial charge in [0.05, 0.1) is 5.69 Å². The molecule has 0 saturated heterocycles. The van der Waals surface area contributed by atoms with Crippen molar-refractivity contribution in [2.24, 2.45) is 0 Å². The first-order valence-corrected chi connectivity index (χ1v) is 7.25. The third kappa shape index (κ3) is 2.94. The van der Waals surface area contributed by atoms with Gasteiger partial charge in [0.1, 0.15) is 12.3 Å². The summed E-state index contributed by atoms with van der Waals surface area (Å²) in [7, 11) is 0. The molecule has 0 spiro atoms. The Morgan fingerprint density at radius 2 is 2.05 bits per heavy atom. The van der Waals surface area contributed by atoms with Crippen LogP contribution in [-0.4, -0.2) is 10.5 Å². The zero-order valence-electron chi connectivity index (χ0n) is 12.4. The maximum Gasteiger partial charge on any atom is 0.355 e. The van der Waals surface area contributed by atoms with Crippen LogP contribution in [0, 0.1) is 13.8 Å². The minimum absolute atomic E-state index is 0.287. The van der Waals surface area contributed by atoms with Crippen LogP contribution < -0.4 is 5.73 Å². The van der Waals surface area contributed by atoms with Crippen molar-refractivity contribution in [1.29, 1.82) is 0 Å². The molecule has 0 bridgehead atoms. The molecule has 1 aliphatic rings. The molecule has 0 amide bonds. The van der Waals surface area contributed by atoms with Gasteiger partial charge in [0.2, 0.25) is 0 Å². The van der Waals surface area contributed by atoms with Crippen LogP contribution in [0.15, 0.2) is 30.5 Å². The fourth-order valence-corrected chi connectivity index (χ4v) is 2.44. The Labute approximate surface area is 124 Å². The van der Waals surface area contributed by atoms with Gasteiger partial charge in [-0.25, -0.2) is 4.79 Å². The largest absolute Gasteiger partial charge is 0.456 e. The summed E-state index contributed by atoms with van der Waals surface area (Å²) in [6.07, 6.45) is 4.03. The molecule has 0 unspecified atom stereocenters. The number of benzene rings is 1. The van der Waals surface area contributed by atoms with E-state index in [1.165, 1.54) is 11.1 Å². The van der Waals surface area contributed by atoms with Gasteiger partial charge in [-0.15, -0.1) is 0 Å². The number of aryl methyl sites for hydroxylation is 2. The van der Waals surface area contributed by atoms with E-state index in [0.717, 1.165) is 18.4 Å². The van der Waals surface area contributed by atoms with Gasteiger partial charge in [0.15, 0.2) is 0 Å². The fourth-order valence-electron chi connectivity index (χ4n) is 2.44. The van der Waals surface area contributed by atoms with Gasteiger partial charge in [-0.2, -0.15) is 0 Å². The molecule has 2 aromatic rings. The molecule has 2 N–H and O–H groups in total. The van der Waals surface area contributed by atoms with E-state index in [-0.39, 0.29) is 12.6 Å². The van der Waals surface area contributed by atoms with Gasteiger partial charge in [0.25, 0.3) is 0 Å². The number of hydrogen-bond donors (Lipinski definition) is 1. The monoisotopic (exact) mass is 284 g/mol. The maximum absolute atomic E-state index is 12.2. The van der Waals surface area contributed by atoms with E-state index in [2.05, 4.69) is 19.9 Å². The van der Waals surface area contributed by atoms with Gasteiger partial charge in [0, 0.05) is 12.2 Å². The van der Waals surface area contributed by atoms with Crippen LogP contribution in [0.25, 0.3) is 0 Å². The van der Waals surface area contributed by atoms with Crippen LogP contribution in [0.1, 0.15) is 46.1 Å². The Balaban J connectivity index is 1.70. The highest BCUT2D eigenvalue weighted by Gasteiger charge is 2.28. The molecule has 1 aliphatic carbocycles. The quantitative estimate of drug-likeness (QED) is 0.876. The van der Waals surface area contributed by atoms with Crippen molar-refractivity contribution in [3.05, 3.63) is 52.8 Å². The number of carbonyl (C=O) groups excluding carboxylic acids is 1. The van der Waals surface area contributed by atoms with Crippen molar-refractivity contribution >= 4 is 11.7 Å². The molecule has 1 fully saturated rings. The summed E-state index contributed by atoms with van der Waals surface area (Å²) in [4.78, 5) is 12.2. The highest BCUT2D eigenvalue weighted by atomic mass is 16.5. The standard InChI is InChI=1S/C17H20N2O2/c1-11-3-4-13(7-12(11)2)10-21-17(20)16-8-14(18)9-19(16)15-5-6-15/h3-4,7-9,15H,5-6,10,18H2,1-2H3. The zero-order chi connectivity index (χ0) is 15.0. The summed E-state index contributed by atoms with van der Waals surface area (Å²) in [5.74, 6) is -0.308. The molecule has 1 saturated carbocycles. The lowest BCUT2D eigenvalue weighted by atomic mass is 10.1. The lowest BCUT2D eigenvalue weighted by Crippen LogP contribution is -2.11. The summed E-state index contributed by atoms with van der Waals surface area (Å²) < 4.78 is 7.37. The van der Waals surface area contributed by atoms with Gasteiger partial charge in [-0.05, 0) is 49.4 Å². The lowest BCUT2D eigenvalue weighted by Gasteiger charge is -2.09. The lowest BCUT2D eigenvalue weighted by molar-refractivity contribution is 0.0459. The first-order valence-electron chi connectivity index (χ1n) is 7.25. The third-order valence-electron chi connectivity index (χ3n) is 3.96. The molecular formula is C17H20N2O2. The van der Waals surface area contributed by atoms with Crippen molar-refractivity contribution in [1.82, 2.24) is 4.57 Å².